The van der Waals surface area contributed by atoms with Crippen molar-refractivity contribution in [3.8, 4) is 0 Å². The molecule has 2 aliphatic rings. The van der Waals surface area contributed by atoms with Gasteiger partial charge in [0.2, 0.25) is 0 Å². The number of hydrogen-bond donors (Lipinski definition) is 3. The first-order valence-electron chi connectivity index (χ1n) is 8.68. The molecule has 1 aliphatic carbocycles. The lowest BCUT2D eigenvalue weighted by atomic mass is 9.98. The molecule has 0 spiro atoms. The van der Waals surface area contributed by atoms with Gasteiger partial charge in [-0.15, -0.1) is 10.2 Å². The second-order valence-corrected chi connectivity index (χ2v) is 7.05. The molecule has 1 aliphatic heterocycles. The Morgan fingerprint density at radius 3 is 3.04 bits per heavy atom. The Labute approximate surface area is 144 Å². The van der Waals surface area contributed by atoms with E-state index in [4.69, 9.17) is 0 Å². The average molecular weight is 337 g/mol. The Hall–Kier alpha value is -2.83. The molecule has 1 saturated carbocycles. The zero-order chi connectivity index (χ0) is 17.0. The number of aromatic nitrogens is 4. The van der Waals surface area contributed by atoms with E-state index < -0.39 is 6.09 Å². The smallest absolute Gasteiger partial charge is 0.408 e. The van der Waals surface area contributed by atoms with Crippen molar-refractivity contribution in [1.29, 1.82) is 0 Å². The van der Waals surface area contributed by atoms with Gasteiger partial charge in [-0.2, -0.15) is 0 Å². The molecule has 1 saturated heterocycles. The van der Waals surface area contributed by atoms with Gasteiger partial charge in [-0.05, 0) is 36.8 Å². The highest BCUT2D eigenvalue weighted by molar-refractivity contribution is 5.83. The number of para-hydroxylation sites is 1. The Morgan fingerprint density at radius 2 is 2.16 bits per heavy atom. The second-order valence-electron chi connectivity index (χ2n) is 7.05. The van der Waals surface area contributed by atoms with Crippen LogP contribution in [0.2, 0.25) is 0 Å². The number of fused-ring (bicyclic) bond motifs is 3. The highest BCUT2D eigenvalue weighted by atomic mass is 16.4. The fraction of sp³-hybridized carbons (Fsp3) is 0.389. The molecule has 2 fully saturated rings. The molecule has 3 aromatic rings. The number of rotatable bonds is 3. The SMILES string of the molecule is O=C(O)N1[C@@H]2CC[C@@H](C2)[C@H]1c1nnc(Cc2c[nH]c3ccccc23)[nH]1. The minimum absolute atomic E-state index is 0.134. The van der Waals surface area contributed by atoms with E-state index in [2.05, 4.69) is 26.2 Å². The molecule has 2 bridgehead atoms. The molecule has 5 rings (SSSR count). The number of aromatic amines is 2. The van der Waals surface area contributed by atoms with Crippen molar-refractivity contribution in [3.05, 3.63) is 47.7 Å². The largest absolute Gasteiger partial charge is 0.465 e. The van der Waals surface area contributed by atoms with Crippen LogP contribution in [0, 0.1) is 5.92 Å². The Kier molecular flexibility index (Phi) is 3.10. The molecule has 2 aromatic heterocycles. The topological polar surface area (TPSA) is 97.9 Å². The summed E-state index contributed by atoms with van der Waals surface area (Å²) >= 11 is 0. The van der Waals surface area contributed by atoms with Crippen molar-refractivity contribution in [2.45, 2.75) is 37.8 Å². The van der Waals surface area contributed by atoms with E-state index >= 15 is 0 Å². The van der Waals surface area contributed by atoms with Gasteiger partial charge in [-0.3, -0.25) is 4.90 Å². The monoisotopic (exact) mass is 337 g/mol. The van der Waals surface area contributed by atoms with Gasteiger partial charge < -0.3 is 15.1 Å². The molecule has 1 amide bonds. The third kappa shape index (κ3) is 2.22. The molecule has 25 heavy (non-hydrogen) atoms. The molecule has 0 unspecified atom stereocenters. The van der Waals surface area contributed by atoms with Crippen molar-refractivity contribution in [2.24, 2.45) is 5.92 Å². The number of piperidine rings is 1. The summed E-state index contributed by atoms with van der Waals surface area (Å²) in [5, 5.41) is 19.3. The van der Waals surface area contributed by atoms with Crippen LogP contribution in [0.15, 0.2) is 30.5 Å². The van der Waals surface area contributed by atoms with E-state index in [1.165, 1.54) is 5.39 Å². The summed E-state index contributed by atoms with van der Waals surface area (Å²) in [6.07, 6.45) is 4.75. The van der Waals surface area contributed by atoms with Crippen molar-refractivity contribution in [2.75, 3.05) is 0 Å². The fourth-order valence-corrected chi connectivity index (χ4v) is 4.60. The van der Waals surface area contributed by atoms with Gasteiger partial charge in [0, 0.05) is 29.6 Å². The van der Waals surface area contributed by atoms with Crippen molar-refractivity contribution < 1.29 is 9.90 Å². The summed E-state index contributed by atoms with van der Waals surface area (Å²) in [6, 6.07) is 8.11. The van der Waals surface area contributed by atoms with E-state index in [9.17, 15) is 9.90 Å². The lowest BCUT2D eigenvalue weighted by Crippen LogP contribution is -2.39. The van der Waals surface area contributed by atoms with Crippen LogP contribution in [0.4, 0.5) is 4.79 Å². The average Bonchev–Trinajstić information content (AvgIpc) is 3.38. The lowest BCUT2D eigenvalue weighted by molar-refractivity contribution is 0.0990. The molecule has 128 valence electrons. The minimum atomic E-state index is -0.855. The molecule has 3 heterocycles. The molecule has 1 aromatic carbocycles. The summed E-state index contributed by atoms with van der Waals surface area (Å²) in [5.74, 6) is 1.81. The molecule has 3 N–H and O–H groups in total. The number of nitrogens with zero attached hydrogens (tertiary/aromatic N) is 3. The first kappa shape index (κ1) is 14.5. The van der Waals surface area contributed by atoms with E-state index in [-0.39, 0.29) is 12.1 Å². The van der Waals surface area contributed by atoms with Gasteiger partial charge in [-0.25, -0.2) is 4.79 Å². The number of benzene rings is 1. The second kappa shape index (κ2) is 5.34. The van der Waals surface area contributed by atoms with Crippen LogP contribution in [-0.4, -0.2) is 42.3 Å². The number of carbonyl (C=O) groups is 1. The third-order valence-electron chi connectivity index (χ3n) is 5.67. The van der Waals surface area contributed by atoms with E-state index in [0.717, 1.165) is 36.2 Å². The van der Waals surface area contributed by atoms with Gasteiger partial charge in [0.1, 0.15) is 5.82 Å². The van der Waals surface area contributed by atoms with Crippen LogP contribution >= 0.6 is 0 Å². The van der Waals surface area contributed by atoms with Crippen molar-refractivity contribution in [1.82, 2.24) is 25.1 Å². The van der Waals surface area contributed by atoms with E-state index in [1.807, 2.05) is 24.4 Å². The summed E-state index contributed by atoms with van der Waals surface area (Å²) in [7, 11) is 0. The number of amides is 1. The normalized spacial score (nSPS) is 25.1. The van der Waals surface area contributed by atoms with Gasteiger partial charge in [0.25, 0.3) is 0 Å². The standard InChI is InChI=1S/C18H19N5O2/c24-18(25)23-12-6-5-10(7-12)16(23)17-20-15(21-22-17)8-11-9-19-14-4-2-1-3-13(11)14/h1-4,9-10,12,16,19H,5-8H2,(H,24,25)(H,20,21,22)/t10-,12+,16-/m0/s1. The molecule has 7 nitrogen and oxygen atoms in total. The third-order valence-corrected chi connectivity index (χ3v) is 5.67. The van der Waals surface area contributed by atoms with Gasteiger partial charge >= 0.3 is 6.09 Å². The number of H-pyrrole nitrogens is 2. The van der Waals surface area contributed by atoms with Crippen LogP contribution in [0.25, 0.3) is 10.9 Å². The van der Waals surface area contributed by atoms with E-state index in [1.54, 1.807) is 4.90 Å². The summed E-state index contributed by atoms with van der Waals surface area (Å²) < 4.78 is 0. The lowest BCUT2D eigenvalue weighted by Gasteiger charge is -2.31. The van der Waals surface area contributed by atoms with Gasteiger partial charge in [0.15, 0.2) is 5.82 Å². The van der Waals surface area contributed by atoms with E-state index in [0.29, 0.717) is 18.2 Å². The maximum absolute atomic E-state index is 11.6. The van der Waals surface area contributed by atoms with Gasteiger partial charge in [-0.1, -0.05) is 18.2 Å². The zero-order valence-corrected chi connectivity index (χ0v) is 13.6. The summed E-state index contributed by atoms with van der Waals surface area (Å²) in [4.78, 5) is 19.8. The summed E-state index contributed by atoms with van der Waals surface area (Å²) in [5.41, 5.74) is 2.25. The minimum Gasteiger partial charge on any atom is -0.465 e. The fourth-order valence-electron chi connectivity index (χ4n) is 4.60. The van der Waals surface area contributed by atoms with Gasteiger partial charge in [0.05, 0.1) is 6.04 Å². The van der Waals surface area contributed by atoms with Crippen molar-refractivity contribution >= 4 is 17.0 Å². The predicted octanol–water partition coefficient (Wildman–Crippen LogP) is 3.08. The Bertz CT molecular complexity index is 946. The molecule has 0 radical (unpaired) electrons. The number of carboxylic acid groups (broad SMARTS) is 1. The van der Waals surface area contributed by atoms with Crippen LogP contribution < -0.4 is 0 Å². The van der Waals surface area contributed by atoms with Crippen LogP contribution in [0.5, 0.6) is 0 Å². The Morgan fingerprint density at radius 1 is 1.28 bits per heavy atom. The predicted molar refractivity (Wildman–Crippen MR) is 91.2 cm³/mol. The van der Waals surface area contributed by atoms with Crippen molar-refractivity contribution in [3.63, 3.8) is 0 Å². The summed E-state index contributed by atoms with van der Waals surface area (Å²) in [6.45, 7) is 0. The zero-order valence-electron chi connectivity index (χ0n) is 13.6. The van der Waals surface area contributed by atoms with Crippen LogP contribution in [-0.2, 0) is 6.42 Å². The maximum Gasteiger partial charge on any atom is 0.408 e. The number of nitrogens with one attached hydrogen (secondary N) is 2. The molecule has 3 atom stereocenters. The Balaban J connectivity index is 1.43. The first-order valence-corrected chi connectivity index (χ1v) is 8.68. The van der Waals surface area contributed by atoms with Crippen LogP contribution in [0.3, 0.4) is 0 Å². The highest BCUT2D eigenvalue weighted by Crippen LogP contribution is 2.49. The van der Waals surface area contributed by atoms with Crippen LogP contribution in [0.1, 0.15) is 42.5 Å². The first-order chi connectivity index (χ1) is 12.2. The highest BCUT2D eigenvalue weighted by Gasteiger charge is 2.50. The number of likely N-dealkylation sites (tertiary alicyclic amines) is 1. The maximum atomic E-state index is 11.6. The molecular weight excluding hydrogens is 318 g/mol. The molecule has 7 heteroatoms. The quantitative estimate of drug-likeness (QED) is 0.684. The number of hydrogen-bond acceptors (Lipinski definition) is 3. The molecular formula is C18H19N5O2.